The minimum atomic E-state index is -0.0149. The number of nitrogens with zero attached hydrogens (tertiary/aromatic N) is 3. The molecule has 0 aliphatic carbocycles. The fourth-order valence-corrected chi connectivity index (χ4v) is 2.34. The van der Waals surface area contributed by atoms with Crippen LogP contribution in [0.5, 0.6) is 0 Å². The predicted octanol–water partition coefficient (Wildman–Crippen LogP) is 3.16. The second kappa shape index (κ2) is 7.90. The highest BCUT2D eigenvalue weighted by Gasteiger charge is 2.08. The first-order valence-electron chi connectivity index (χ1n) is 7.85. The lowest BCUT2D eigenvalue weighted by Gasteiger charge is -2.12. The van der Waals surface area contributed by atoms with Crippen molar-refractivity contribution >= 4 is 17.5 Å². The van der Waals surface area contributed by atoms with Gasteiger partial charge in [0.25, 0.3) is 0 Å². The first-order chi connectivity index (χ1) is 12.3. The van der Waals surface area contributed by atoms with Crippen molar-refractivity contribution in [3.8, 4) is 17.3 Å². The van der Waals surface area contributed by atoms with Crippen LogP contribution in [-0.2, 0) is 0 Å². The van der Waals surface area contributed by atoms with Gasteiger partial charge in [0.2, 0.25) is 5.95 Å². The maximum absolute atomic E-state index is 9.24. The van der Waals surface area contributed by atoms with E-state index in [1.807, 2.05) is 54.6 Å². The van der Waals surface area contributed by atoms with Crippen LogP contribution in [0.2, 0.25) is 0 Å². The summed E-state index contributed by atoms with van der Waals surface area (Å²) < 4.78 is 0. The Hall–Kier alpha value is -3.43. The number of para-hydroxylation sites is 1. The highest BCUT2D eigenvalue weighted by Crippen LogP contribution is 2.24. The third kappa shape index (κ3) is 4.10. The maximum atomic E-state index is 9.24. The van der Waals surface area contributed by atoms with E-state index in [1.165, 1.54) is 0 Å². The Labute approximate surface area is 145 Å². The van der Waals surface area contributed by atoms with Gasteiger partial charge in [-0.2, -0.15) is 10.2 Å². The van der Waals surface area contributed by atoms with E-state index in [9.17, 15) is 5.26 Å². The lowest BCUT2D eigenvalue weighted by atomic mass is 10.1. The number of benzene rings is 2. The Kier molecular flexibility index (Phi) is 5.19. The summed E-state index contributed by atoms with van der Waals surface area (Å²) in [7, 11) is 0. The summed E-state index contributed by atoms with van der Waals surface area (Å²) in [5.41, 5.74) is 2.91. The van der Waals surface area contributed by atoms with Gasteiger partial charge in [-0.1, -0.05) is 42.5 Å². The maximum Gasteiger partial charge on any atom is 0.225 e. The number of aromatic nitrogens is 2. The molecule has 3 aromatic rings. The van der Waals surface area contributed by atoms with Gasteiger partial charge >= 0.3 is 0 Å². The van der Waals surface area contributed by atoms with Gasteiger partial charge < -0.3 is 15.7 Å². The number of aliphatic hydroxyl groups is 1. The van der Waals surface area contributed by atoms with Crippen molar-refractivity contribution in [1.29, 1.82) is 5.26 Å². The molecule has 0 amide bonds. The number of hydrogen-bond donors (Lipinski definition) is 3. The number of aliphatic hydroxyl groups excluding tert-OH is 1. The zero-order valence-corrected chi connectivity index (χ0v) is 13.5. The van der Waals surface area contributed by atoms with Crippen LogP contribution in [0.4, 0.5) is 17.5 Å². The number of nitriles is 1. The standard InChI is InChI=1S/C19H17N5O/c20-13-15-8-4-5-9-16(15)22-18-12-17(14-6-2-1-3-7-14)23-19(24-18)21-10-11-25/h1-9,12,25H,10-11H2,(H2,21,22,23,24). The molecule has 0 radical (unpaired) electrons. The van der Waals surface area contributed by atoms with Crippen molar-refractivity contribution in [2.24, 2.45) is 0 Å². The topological polar surface area (TPSA) is 93.9 Å². The van der Waals surface area contributed by atoms with Crippen molar-refractivity contribution in [3.63, 3.8) is 0 Å². The molecule has 0 spiro atoms. The molecule has 0 fully saturated rings. The van der Waals surface area contributed by atoms with Crippen LogP contribution in [0.25, 0.3) is 11.3 Å². The van der Waals surface area contributed by atoms with Crippen LogP contribution < -0.4 is 10.6 Å². The van der Waals surface area contributed by atoms with Crippen molar-refractivity contribution in [1.82, 2.24) is 9.97 Å². The lowest BCUT2D eigenvalue weighted by molar-refractivity contribution is 0.311. The molecule has 0 unspecified atom stereocenters. The van der Waals surface area contributed by atoms with Gasteiger partial charge in [-0.05, 0) is 12.1 Å². The highest BCUT2D eigenvalue weighted by atomic mass is 16.3. The van der Waals surface area contributed by atoms with Gasteiger partial charge in [-0.15, -0.1) is 0 Å². The molecule has 1 heterocycles. The molecule has 0 saturated heterocycles. The Morgan fingerprint density at radius 3 is 2.52 bits per heavy atom. The van der Waals surface area contributed by atoms with E-state index >= 15 is 0 Å². The largest absolute Gasteiger partial charge is 0.395 e. The molecule has 6 heteroatoms. The van der Waals surface area contributed by atoms with Crippen molar-refractivity contribution in [2.45, 2.75) is 0 Å². The van der Waals surface area contributed by atoms with Crippen LogP contribution >= 0.6 is 0 Å². The summed E-state index contributed by atoms with van der Waals surface area (Å²) >= 11 is 0. The van der Waals surface area contributed by atoms with E-state index in [1.54, 1.807) is 6.07 Å². The third-order valence-electron chi connectivity index (χ3n) is 3.50. The second-order valence-corrected chi connectivity index (χ2v) is 5.26. The summed E-state index contributed by atoms with van der Waals surface area (Å²) in [6, 6.07) is 21.0. The molecule has 1 aromatic heterocycles. The van der Waals surface area contributed by atoms with Crippen molar-refractivity contribution in [3.05, 3.63) is 66.2 Å². The minimum Gasteiger partial charge on any atom is -0.395 e. The van der Waals surface area contributed by atoms with E-state index in [0.29, 0.717) is 29.6 Å². The molecule has 3 N–H and O–H groups in total. The monoisotopic (exact) mass is 331 g/mol. The number of hydrogen-bond acceptors (Lipinski definition) is 6. The molecule has 2 aromatic carbocycles. The highest BCUT2D eigenvalue weighted by molar-refractivity contribution is 5.69. The predicted molar refractivity (Wildman–Crippen MR) is 97.5 cm³/mol. The molecule has 3 rings (SSSR count). The van der Waals surface area contributed by atoms with Gasteiger partial charge in [0.1, 0.15) is 11.9 Å². The third-order valence-corrected chi connectivity index (χ3v) is 3.50. The van der Waals surface area contributed by atoms with E-state index in [4.69, 9.17) is 5.11 Å². The first-order valence-corrected chi connectivity index (χ1v) is 7.85. The molecule has 0 atom stereocenters. The van der Waals surface area contributed by atoms with Crippen LogP contribution in [-0.4, -0.2) is 28.2 Å². The zero-order chi connectivity index (χ0) is 17.5. The normalized spacial score (nSPS) is 10.1. The zero-order valence-electron chi connectivity index (χ0n) is 13.5. The molecule has 25 heavy (non-hydrogen) atoms. The van der Waals surface area contributed by atoms with E-state index in [0.717, 1.165) is 11.3 Å². The molecule has 0 bridgehead atoms. The average Bonchev–Trinajstić information content (AvgIpc) is 2.67. The van der Waals surface area contributed by atoms with Gasteiger partial charge in [-0.3, -0.25) is 0 Å². The Morgan fingerprint density at radius 1 is 1.00 bits per heavy atom. The molecule has 0 aliphatic rings. The quantitative estimate of drug-likeness (QED) is 0.642. The molecule has 124 valence electrons. The van der Waals surface area contributed by atoms with E-state index < -0.39 is 0 Å². The fraction of sp³-hybridized carbons (Fsp3) is 0.105. The van der Waals surface area contributed by atoms with Gasteiger partial charge in [-0.25, -0.2) is 4.98 Å². The van der Waals surface area contributed by atoms with Crippen LogP contribution in [0.1, 0.15) is 5.56 Å². The molecule has 0 saturated carbocycles. The fourth-order valence-electron chi connectivity index (χ4n) is 2.34. The van der Waals surface area contributed by atoms with Crippen LogP contribution in [0, 0.1) is 11.3 Å². The summed E-state index contributed by atoms with van der Waals surface area (Å²) in [6.07, 6.45) is 0. The van der Waals surface area contributed by atoms with Gasteiger partial charge in [0, 0.05) is 18.2 Å². The van der Waals surface area contributed by atoms with Gasteiger partial charge in [0.05, 0.1) is 23.6 Å². The minimum absolute atomic E-state index is 0.0149. The Bertz CT molecular complexity index is 890. The summed E-state index contributed by atoms with van der Waals surface area (Å²) in [6.45, 7) is 0.339. The Morgan fingerprint density at radius 2 is 1.76 bits per heavy atom. The number of rotatable bonds is 6. The van der Waals surface area contributed by atoms with E-state index in [2.05, 4.69) is 26.7 Å². The lowest BCUT2D eigenvalue weighted by Crippen LogP contribution is -2.10. The van der Waals surface area contributed by atoms with Crippen LogP contribution in [0.15, 0.2) is 60.7 Å². The van der Waals surface area contributed by atoms with Crippen molar-refractivity contribution in [2.75, 3.05) is 23.8 Å². The summed E-state index contributed by atoms with van der Waals surface area (Å²) in [4.78, 5) is 8.90. The van der Waals surface area contributed by atoms with E-state index in [-0.39, 0.29) is 6.61 Å². The smallest absolute Gasteiger partial charge is 0.225 e. The molecule has 6 nitrogen and oxygen atoms in total. The molecular formula is C19H17N5O. The van der Waals surface area contributed by atoms with Crippen molar-refractivity contribution < 1.29 is 5.11 Å². The van der Waals surface area contributed by atoms with Crippen LogP contribution in [0.3, 0.4) is 0 Å². The molecular weight excluding hydrogens is 314 g/mol. The molecule has 0 aliphatic heterocycles. The first kappa shape index (κ1) is 16.4. The Balaban J connectivity index is 1.99. The average molecular weight is 331 g/mol. The summed E-state index contributed by atoms with van der Waals surface area (Å²) in [5, 5.41) is 24.4. The van der Waals surface area contributed by atoms with Gasteiger partial charge in [0.15, 0.2) is 0 Å². The number of anilines is 3. The second-order valence-electron chi connectivity index (χ2n) is 5.26. The SMILES string of the molecule is N#Cc1ccccc1Nc1cc(-c2ccccc2)nc(NCCO)n1. The number of nitrogens with one attached hydrogen (secondary N) is 2. The summed E-state index contributed by atoms with van der Waals surface area (Å²) in [5.74, 6) is 0.976.